The molecule has 0 bridgehead atoms. The summed E-state index contributed by atoms with van der Waals surface area (Å²) in [5.74, 6) is 1.66. The lowest BCUT2D eigenvalue weighted by atomic mass is 9.96. The molecule has 1 saturated heterocycles. The number of amides is 1. The van der Waals surface area contributed by atoms with Gasteiger partial charge in [0.25, 0.3) is 0 Å². The Morgan fingerprint density at radius 1 is 1.09 bits per heavy atom. The number of piperazine rings is 1. The number of carbonyl (C=O) groups excluding carboxylic acids is 1. The Labute approximate surface area is 209 Å². The largest absolute Gasteiger partial charge is 0.361 e. The lowest BCUT2D eigenvalue weighted by molar-refractivity contribution is -0.136. The third-order valence-electron chi connectivity index (χ3n) is 6.85. The summed E-state index contributed by atoms with van der Waals surface area (Å²) in [7, 11) is 0. The summed E-state index contributed by atoms with van der Waals surface area (Å²) in [5.41, 5.74) is 1.91. The number of pyridine rings is 1. The van der Waals surface area contributed by atoms with Crippen molar-refractivity contribution in [3.05, 3.63) is 30.3 Å². The number of aromatic nitrogens is 1. The number of nitrogens with one attached hydrogen (secondary N) is 2. The highest BCUT2D eigenvalue weighted by Gasteiger charge is 2.26. The quantitative estimate of drug-likeness (QED) is 0.525. The zero-order valence-corrected chi connectivity index (χ0v) is 22.1. The van der Waals surface area contributed by atoms with Gasteiger partial charge in [-0.15, -0.1) is 0 Å². The van der Waals surface area contributed by atoms with Crippen molar-refractivity contribution in [2.24, 2.45) is 11.8 Å². The molecule has 34 heavy (non-hydrogen) atoms. The molecule has 1 amide bonds. The van der Waals surface area contributed by atoms with E-state index in [0.717, 1.165) is 74.8 Å². The number of anilines is 2. The third kappa shape index (κ3) is 6.79. The molecule has 1 aliphatic heterocycles. The Balaban J connectivity index is 1.55. The fourth-order valence-corrected chi connectivity index (χ4v) is 4.36. The van der Waals surface area contributed by atoms with Gasteiger partial charge in [0.15, 0.2) is 5.11 Å². The molecule has 1 aromatic carbocycles. The molecular formula is C26H40N6OS. The lowest BCUT2D eigenvalue weighted by Gasteiger charge is -2.37. The summed E-state index contributed by atoms with van der Waals surface area (Å²) in [6, 6.07) is 10.3. The molecule has 186 valence electrons. The Morgan fingerprint density at radius 3 is 2.44 bits per heavy atom. The smallest absolute Gasteiger partial charge is 0.225 e. The highest BCUT2D eigenvalue weighted by atomic mass is 32.1. The molecule has 2 N–H and O–H groups in total. The van der Waals surface area contributed by atoms with E-state index in [4.69, 9.17) is 17.2 Å². The molecule has 1 fully saturated rings. The molecule has 1 aliphatic rings. The standard InChI is InChI=1S/C26H40N6OS/c1-6-30(7-2)13-12-27-26(34)28-22-9-10-23-21(18-22)8-11-24(29-23)31-14-16-32(17-15-31)25(33)20(5)19(3)4/h8-11,18-20H,6-7,12-17H2,1-5H3,(H2,27,28,34)/t20-/m0/s1. The van der Waals surface area contributed by atoms with Gasteiger partial charge >= 0.3 is 0 Å². The Morgan fingerprint density at radius 2 is 1.79 bits per heavy atom. The molecule has 3 rings (SSSR count). The number of rotatable bonds is 9. The van der Waals surface area contributed by atoms with Gasteiger partial charge in [0.1, 0.15) is 5.82 Å². The van der Waals surface area contributed by atoms with Crippen molar-refractivity contribution < 1.29 is 4.79 Å². The Hall–Kier alpha value is -2.45. The van der Waals surface area contributed by atoms with Crippen LogP contribution in [0.15, 0.2) is 30.3 Å². The van der Waals surface area contributed by atoms with Crippen LogP contribution in [0.4, 0.5) is 11.5 Å². The number of likely N-dealkylation sites (N-methyl/N-ethyl adjacent to an activating group) is 1. The number of nitrogens with zero attached hydrogens (tertiary/aromatic N) is 4. The van der Waals surface area contributed by atoms with Crippen LogP contribution < -0.4 is 15.5 Å². The lowest BCUT2D eigenvalue weighted by Crippen LogP contribution is -2.50. The highest BCUT2D eigenvalue weighted by Crippen LogP contribution is 2.23. The molecule has 8 heteroatoms. The van der Waals surface area contributed by atoms with Crippen molar-refractivity contribution in [1.82, 2.24) is 20.1 Å². The molecule has 1 aromatic heterocycles. The van der Waals surface area contributed by atoms with Crippen LogP contribution in [0.3, 0.4) is 0 Å². The number of benzene rings is 1. The second kappa shape index (κ2) is 12.3. The van der Waals surface area contributed by atoms with Gasteiger partial charge < -0.3 is 25.3 Å². The Bertz CT molecular complexity index is 969. The minimum absolute atomic E-state index is 0.0682. The van der Waals surface area contributed by atoms with Crippen LogP contribution in [0.2, 0.25) is 0 Å². The molecule has 1 atom stereocenters. The first kappa shape index (κ1) is 26.2. The van der Waals surface area contributed by atoms with Crippen LogP contribution in [-0.4, -0.2) is 78.2 Å². The average molecular weight is 485 g/mol. The molecule has 2 heterocycles. The summed E-state index contributed by atoms with van der Waals surface area (Å²) >= 11 is 5.46. The van der Waals surface area contributed by atoms with E-state index >= 15 is 0 Å². The zero-order valence-electron chi connectivity index (χ0n) is 21.3. The molecule has 0 spiro atoms. The van der Waals surface area contributed by atoms with Crippen LogP contribution in [0.25, 0.3) is 10.9 Å². The normalized spacial score (nSPS) is 15.1. The summed E-state index contributed by atoms with van der Waals surface area (Å²) in [6.45, 7) is 17.6. The summed E-state index contributed by atoms with van der Waals surface area (Å²) < 4.78 is 0. The predicted molar refractivity (Wildman–Crippen MR) is 147 cm³/mol. The van der Waals surface area contributed by atoms with E-state index < -0.39 is 0 Å². The fraction of sp³-hybridized carbons (Fsp3) is 0.577. The summed E-state index contributed by atoms with van der Waals surface area (Å²) in [6.07, 6.45) is 0. The maximum absolute atomic E-state index is 12.7. The van der Waals surface area contributed by atoms with Crippen molar-refractivity contribution in [3.8, 4) is 0 Å². The van der Waals surface area contributed by atoms with E-state index in [-0.39, 0.29) is 11.8 Å². The van der Waals surface area contributed by atoms with E-state index in [9.17, 15) is 4.79 Å². The highest BCUT2D eigenvalue weighted by molar-refractivity contribution is 7.80. The first-order chi connectivity index (χ1) is 16.3. The predicted octanol–water partition coefficient (Wildman–Crippen LogP) is 3.80. The van der Waals surface area contributed by atoms with Gasteiger partial charge in [0.2, 0.25) is 5.91 Å². The van der Waals surface area contributed by atoms with Crippen LogP contribution in [0, 0.1) is 11.8 Å². The van der Waals surface area contributed by atoms with Gasteiger partial charge in [0.05, 0.1) is 5.52 Å². The van der Waals surface area contributed by atoms with Crippen molar-refractivity contribution in [2.75, 3.05) is 62.6 Å². The summed E-state index contributed by atoms with van der Waals surface area (Å²) in [5, 5.41) is 8.27. The number of carbonyl (C=O) groups is 1. The van der Waals surface area contributed by atoms with Crippen molar-refractivity contribution in [1.29, 1.82) is 0 Å². The minimum Gasteiger partial charge on any atom is -0.361 e. The molecule has 0 saturated carbocycles. The molecule has 0 unspecified atom stereocenters. The van der Waals surface area contributed by atoms with Crippen molar-refractivity contribution in [2.45, 2.75) is 34.6 Å². The van der Waals surface area contributed by atoms with Gasteiger partial charge in [-0.25, -0.2) is 4.98 Å². The second-order valence-corrected chi connectivity index (χ2v) is 9.74. The molecule has 0 aliphatic carbocycles. The van der Waals surface area contributed by atoms with Crippen LogP contribution in [-0.2, 0) is 4.79 Å². The number of fused-ring (bicyclic) bond motifs is 1. The first-order valence-corrected chi connectivity index (χ1v) is 12.9. The fourth-order valence-electron chi connectivity index (χ4n) is 4.14. The minimum atomic E-state index is 0.0682. The maximum atomic E-state index is 12.7. The Kier molecular flexibility index (Phi) is 9.47. The van der Waals surface area contributed by atoms with E-state index in [1.165, 1.54) is 0 Å². The third-order valence-corrected chi connectivity index (χ3v) is 7.09. The zero-order chi connectivity index (χ0) is 24.7. The summed E-state index contributed by atoms with van der Waals surface area (Å²) in [4.78, 5) is 24.2. The monoisotopic (exact) mass is 484 g/mol. The molecule has 0 radical (unpaired) electrons. The second-order valence-electron chi connectivity index (χ2n) is 9.33. The van der Waals surface area contributed by atoms with Crippen molar-refractivity contribution in [3.63, 3.8) is 0 Å². The van der Waals surface area contributed by atoms with E-state index in [0.29, 0.717) is 11.0 Å². The van der Waals surface area contributed by atoms with Crippen LogP contribution in [0.5, 0.6) is 0 Å². The number of hydrogen-bond donors (Lipinski definition) is 2. The van der Waals surface area contributed by atoms with Gasteiger partial charge in [0, 0.05) is 56.3 Å². The van der Waals surface area contributed by atoms with Gasteiger partial charge in [-0.2, -0.15) is 0 Å². The number of thiocarbonyl (C=S) groups is 1. The van der Waals surface area contributed by atoms with Gasteiger partial charge in [-0.3, -0.25) is 4.79 Å². The van der Waals surface area contributed by atoms with Gasteiger partial charge in [-0.05, 0) is 61.6 Å². The van der Waals surface area contributed by atoms with E-state index in [1.54, 1.807) is 0 Å². The maximum Gasteiger partial charge on any atom is 0.225 e. The van der Waals surface area contributed by atoms with Crippen LogP contribution in [0.1, 0.15) is 34.6 Å². The SMILES string of the molecule is CCN(CC)CCNC(=S)Nc1ccc2nc(N3CCN(C(=O)[C@@H](C)C(C)C)CC3)ccc2c1. The molecular weight excluding hydrogens is 444 g/mol. The molecule has 2 aromatic rings. The topological polar surface area (TPSA) is 63.7 Å². The average Bonchev–Trinajstić information content (AvgIpc) is 2.85. The van der Waals surface area contributed by atoms with E-state index in [1.807, 2.05) is 24.0 Å². The van der Waals surface area contributed by atoms with Crippen molar-refractivity contribution >= 4 is 45.6 Å². The van der Waals surface area contributed by atoms with Gasteiger partial charge in [-0.1, -0.05) is 34.6 Å². The molecule has 7 nitrogen and oxygen atoms in total. The number of hydrogen-bond acceptors (Lipinski definition) is 5. The first-order valence-electron chi connectivity index (χ1n) is 12.5. The van der Waals surface area contributed by atoms with Crippen LogP contribution >= 0.6 is 12.2 Å². The van der Waals surface area contributed by atoms with E-state index in [2.05, 4.69) is 66.3 Å².